The minimum atomic E-state index is -0.287. The molecular weight excluding hydrogens is 278 g/mol. The van der Waals surface area contributed by atoms with E-state index in [1.807, 2.05) is 32.0 Å². The van der Waals surface area contributed by atoms with E-state index in [1.165, 1.54) is 0 Å². The zero-order chi connectivity index (χ0) is 16.5. The van der Waals surface area contributed by atoms with Crippen LogP contribution in [0.2, 0.25) is 0 Å². The third-order valence-electron chi connectivity index (χ3n) is 3.12. The molecule has 0 fully saturated rings. The van der Waals surface area contributed by atoms with Crippen molar-refractivity contribution in [2.45, 2.75) is 34.2 Å². The topological polar surface area (TPSA) is 38.8 Å². The molecule has 0 spiro atoms. The largest absolute Gasteiger partial charge is 0.480 e. The lowest BCUT2D eigenvalue weighted by Gasteiger charge is -2.28. The van der Waals surface area contributed by atoms with Crippen LogP contribution in [0.5, 0.6) is 0 Å². The summed E-state index contributed by atoms with van der Waals surface area (Å²) in [5, 5.41) is 0. The average molecular weight is 305 g/mol. The van der Waals surface area contributed by atoms with Crippen LogP contribution < -0.4 is 0 Å². The molecule has 0 saturated heterocycles. The van der Waals surface area contributed by atoms with Gasteiger partial charge in [-0.25, -0.2) is 4.79 Å². The third kappa shape index (κ3) is 5.43. The highest BCUT2D eigenvalue weighted by Crippen LogP contribution is 2.17. The number of nitrogens with zero attached hydrogens (tertiary/aromatic N) is 1. The number of benzene rings is 1. The molecule has 1 rings (SSSR count). The van der Waals surface area contributed by atoms with E-state index in [4.69, 9.17) is 9.47 Å². The zero-order valence-corrected chi connectivity index (χ0v) is 14.1. The summed E-state index contributed by atoms with van der Waals surface area (Å²) in [5.74, 6) is 0.812. The van der Waals surface area contributed by atoms with Crippen molar-refractivity contribution in [3.63, 3.8) is 0 Å². The number of hydrogen-bond acceptors (Lipinski definition) is 4. The standard InChI is InChI=1S/C18H27NO3/c1-6-21-15(5)19(12-14(3)4)13-16-10-8-9-11-17(16)18(20)22-7-2/h8-11,14H,5-7,12-13H2,1-4H3. The average Bonchev–Trinajstić information content (AvgIpc) is 2.47. The molecular formula is C18H27NO3. The number of carbonyl (C=O) groups is 1. The van der Waals surface area contributed by atoms with Gasteiger partial charge in [-0.15, -0.1) is 0 Å². The Hall–Kier alpha value is -1.97. The number of hydrogen-bond donors (Lipinski definition) is 0. The van der Waals surface area contributed by atoms with E-state index in [-0.39, 0.29) is 5.97 Å². The van der Waals surface area contributed by atoms with Crippen LogP contribution in [0.3, 0.4) is 0 Å². The predicted molar refractivity (Wildman–Crippen MR) is 88.4 cm³/mol. The summed E-state index contributed by atoms with van der Waals surface area (Å²) in [6, 6.07) is 7.51. The van der Waals surface area contributed by atoms with Gasteiger partial charge in [-0.05, 0) is 38.0 Å². The Morgan fingerprint density at radius 2 is 1.82 bits per heavy atom. The first-order valence-electron chi connectivity index (χ1n) is 7.81. The maximum atomic E-state index is 12.1. The third-order valence-corrected chi connectivity index (χ3v) is 3.12. The highest BCUT2D eigenvalue weighted by Gasteiger charge is 2.17. The summed E-state index contributed by atoms with van der Waals surface area (Å²) in [6.45, 7) is 14.4. The smallest absolute Gasteiger partial charge is 0.338 e. The van der Waals surface area contributed by atoms with Gasteiger partial charge in [0.1, 0.15) is 0 Å². The van der Waals surface area contributed by atoms with Gasteiger partial charge < -0.3 is 14.4 Å². The van der Waals surface area contributed by atoms with E-state index in [0.29, 0.717) is 37.1 Å². The van der Waals surface area contributed by atoms with Gasteiger partial charge in [0.25, 0.3) is 0 Å². The van der Waals surface area contributed by atoms with Gasteiger partial charge in [0, 0.05) is 13.1 Å². The van der Waals surface area contributed by atoms with Crippen molar-refractivity contribution >= 4 is 5.97 Å². The number of rotatable bonds is 9. The Balaban J connectivity index is 2.97. The lowest BCUT2D eigenvalue weighted by Crippen LogP contribution is -2.28. The molecule has 0 unspecified atom stereocenters. The molecule has 0 heterocycles. The van der Waals surface area contributed by atoms with Gasteiger partial charge in [-0.2, -0.15) is 0 Å². The van der Waals surface area contributed by atoms with Crippen LogP contribution in [0.1, 0.15) is 43.6 Å². The summed E-state index contributed by atoms with van der Waals surface area (Å²) in [7, 11) is 0. The van der Waals surface area contributed by atoms with Crippen molar-refractivity contribution in [2.75, 3.05) is 19.8 Å². The van der Waals surface area contributed by atoms with Gasteiger partial charge in [0.05, 0.1) is 18.8 Å². The normalized spacial score (nSPS) is 10.4. The Kier molecular flexibility index (Phi) is 7.50. The van der Waals surface area contributed by atoms with Gasteiger partial charge in [-0.3, -0.25) is 0 Å². The van der Waals surface area contributed by atoms with Crippen LogP contribution in [-0.4, -0.2) is 30.6 Å². The maximum Gasteiger partial charge on any atom is 0.338 e. The minimum absolute atomic E-state index is 0.287. The molecule has 0 aliphatic heterocycles. The van der Waals surface area contributed by atoms with Crippen molar-refractivity contribution in [1.82, 2.24) is 4.90 Å². The Bertz CT molecular complexity index is 497. The summed E-state index contributed by atoms with van der Waals surface area (Å²) < 4.78 is 10.7. The molecule has 1 aromatic rings. The van der Waals surface area contributed by atoms with E-state index in [1.54, 1.807) is 6.07 Å². The molecule has 4 nitrogen and oxygen atoms in total. The van der Waals surface area contributed by atoms with E-state index < -0.39 is 0 Å². The first kappa shape index (κ1) is 18.1. The zero-order valence-electron chi connectivity index (χ0n) is 14.1. The van der Waals surface area contributed by atoms with Gasteiger partial charge in [0.2, 0.25) is 0 Å². The molecule has 0 aliphatic rings. The maximum absolute atomic E-state index is 12.1. The molecule has 0 amide bonds. The highest BCUT2D eigenvalue weighted by atomic mass is 16.5. The molecule has 0 atom stereocenters. The van der Waals surface area contributed by atoms with Crippen molar-refractivity contribution in [1.29, 1.82) is 0 Å². The molecule has 0 bridgehead atoms. The molecule has 22 heavy (non-hydrogen) atoms. The Labute approximate surface area is 133 Å². The van der Waals surface area contributed by atoms with Crippen molar-refractivity contribution in [3.8, 4) is 0 Å². The molecule has 0 aliphatic carbocycles. The second kappa shape index (κ2) is 9.13. The van der Waals surface area contributed by atoms with Crippen LogP contribution in [0, 0.1) is 5.92 Å². The lowest BCUT2D eigenvalue weighted by atomic mass is 10.1. The van der Waals surface area contributed by atoms with Gasteiger partial charge >= 0.3 is 5.97 Å². The monoisotopic (exact) mass is 305 g/mol. The molecule has 0 radical (unpaired) electrons. The summed E-state index contributed by atoms with van der Waals surface area (Å²) in [6.07, 6.45) is 0. The summed E-state index contributed by atoms with van der Waals surface area (Å²) in [4.78, 5) is 14.1. The van der Waals surface area contributed by atoms with Crippen LogP contribution in [0.15, 0.2) is 36.7 Å². The number of ether oxygens (including phenoxy) is 2. The Morgan fingerprint density at radius 3 is 2.41 bits per heavy atom. The molecule has 0 saturated carbocycles. The quantitative estimate of drug-likeness (QED) is 0.513. The Morgan fingerprint density at radius 1 is 1.18 bits per heavy atom. The van der Waals surface area contributed by atoms with Crippen molar-refractivity contribution in [2.24, 2.45) is 5.92 Å². The fourth-order valence-corrected chi connectivity index (χ4v) is 2.23. The molecule has 122 valence electrons. The minimum Gasteiger partial charge on any atom is -0.480 e. The van der Waals surface area contributed by atoms with E-state index in [9.17, 15) is 4.79 Å². The molecule has 0 aromatic heterocycles. The van der Waals surface area contributed by atoms with E-state index in [0.717, 1.165) is 12.1 Å². The number of esters is 1. The van der Waals surface area contributed by atoms with Crippen LogP contribution in [-0.2, 0) is 16.0 Å². The lowest BCUT2D eigenvalue weighted by molar-refractivity contribution is 0.0522. The fourth-order valence-electron chi connectivity index (χ4n) is 2.23. The molecule has 0 N–H and O–H groups in total. The number of carbonyl (C=O) groups excluding carboxylic acids is 1. The predicted octanol–water partition coefficient (Wildman–Crippen LogP) is 3.83. The van der Waals surface area contributed by atoms with Crippen molar-refractivity contribution in [3.05, 3.63) is 47.9 Å². The summed E-state index contributed by atoms with van der Waals surface area (Å²) >= 11 is 0. The van der Waals surface area contributed by atoms with E-state index >= 15 is 0 Å². The summed E-state index contributed by atoms with van der Waals surface area (Å²) in [5.41, 5.74) is 1.52. The fraction of sp³-hybridized carbons (Fsp3) is 0.500. The van der Waals surface area contributed by atoms with Crippen LogP contribution in [0.25, 0.3) is 0 Å². The highest BCUT2D eigenvalue weighted by molar-refractivity contribution is 5.91. The molecule has 4 heteroatoms. The van der Waals surface area contributed by atoms with Gasteiger partial charge in [0.15, 0.2) is 5.88 Å². The second-order valence-electron chi connectivity index (χ2n) is 5.48. The molecule has 1 aromatic carbocycles. The second-order valence-corrected chi connectivity index (χ2v) is 5.48. The van der Waals surface area contributed by atoms with Crippen LogP contribution >= 0.6 is 0 Å². The van der Waals surface area contributed by atoms with Gasteiger partial charge in [-0.1, -0.05) is 32.0 Å². The SMILES string of the molecule is C=C(OCC)N(Cc1ccccc1C(=O)OCC)CC(C)C. The first-order valence-corrected chi connectivity index (χ1v) is 7.81. The van der Waals surface area contributed by atoms with E-state index in [2.05, 4.69) is 25.3 Å². The van der Waals surface area contributed by atoms with Crippen LogP contribution in [0.4, 0.5) is 0 Å². The van der Waals surface area contributed by atoms with Crippen molar-refractivity contribution < 1.29 is 14.3 Å². The first-order chi connectivity index (χ1) is 10.5.